The number of carbonyl (C=O) groups is 1. The lowest BCUT2D eigenvalue weighted by atomic mass is 10.1. The number of ether oxygens (including phenoxy) is 1. The lowest BCUT2D eigenvalue weighted by Crippen LogP contribution is -2.46. The van der Waals surface area contributed by atoms with Gasteiger partial charge in [-0.05, 0) is 71.7 Å². The molecule has 0 spiro atoms. The number of aryl methyl sites for hydroxylation is 2. The van der Waals surface area contributed by atoms with Crippen molar-refractivity contribution in [1.82, 2.24) is 19.6 Å². The maximum atomic E-state index is 13.0. The minimum atomic E-state index is 0.194. The molecular weight excluding hydrogens is 316 g/mol. The Balaban J connectivity index is 1.59. The summed E-state index contributed by atoms with van der Waals surface area (Å²) in [6, 6.07) is 2.34. The first-order valence-corrected chi connectivity index (χ1v) is 9.74. The monoisotopic (exact) mass is 348 g/mol. The van der Waals surface area contributed by atoms with Crippen LogP contribution in [0.3, 0.4) is 0 Å². The van der Waals surface area contributed by atoms with Crippen LogP contribution in [0.4, 0.5) is 0 Å². The summed E-state index contributed by atoms with van der Waals surface area (Å²) in [5, 5.41) is 4.46. The Labute approximate surface area is 151 Å². The Morgan fingerprint density at radius 3 is 2.64 bits per heavy atom. The molecule has 1 amide bonds. The van der Waals surface area contributed by atoms with E-state index in [-0.39, 0.29) is 5.91 Å². The summed E-state index contributed by atoms with van der Waals surface area (Å²) in [5.74, 6) is 0.194. The van der Waals surface area contributed by atoms with Gasteiger partial charge in [0.1, 0.15) is 6.54 Å². The zero-order valence-corrected chi connectivity index (χ0v) is 15.7. The van der Waals surface area contributed by atoms with Crippen LogP contribution in [-0.2, 0) is 16.1 Å². The van der Waals surface area contributed by atoms with Gasteiger partial charge in [0, 0.05) is 31.5 Å². The zero-order valence-electron chi connectivity index (χ0n) is 15.7. The standard InChI is InChI=1S/C19H32N4O2/c1-16-14-17(2)23(20-16)15-19(24)22(18-6-12-25-13-7-18)11-5-10-21-8-3-4-9-21/h14,18H,3-13,15H2,1-2H3. The molecular formula is C19H32N4O2. The second-order valence-electron chi connectivity index (χ2n) is 7.42. The molecule has 3 heterocycles. The number of hydrogen-bond acceptors (Lipinski definition) is 4. The predicted octanol–water partition coefficient (Wildman–Crippen LogP) is 1.99. The third-order valence-electron chi connectivity index (χ3n) is 5.41. The van der Waals surface area contributed by atoms with Crippen LogP contribution in [0.15, 0.2) is 6.07 Å². The van der Waals surface area contributed by atoms with Crippen LogP contribution >= 0.6 is 0 Å². The number of amides is 1. The third kappa shape index (κ3) is 5.05. The molecule has 0 radical (unpaired) electrons. The molecule has 6 heteroatoms. The van der Waals surface area contributed by atoms with Crippen LogP contribution in [0, 0.1) is 13.8 Å². The van der Waals surface area contributed by atoms with Crippen LogP contribution in [-0.4, -0.2) is 70.9 Å². The van der Waals surface area contributed by atoms with Gasteiger partial charge in [-0.3, -0.25) is 9.48 Å². The van der Waals surface area contributed by atoms with Crippen molar-refractivity contribution >= 4 is 5.91 Å². The van der Waals surface area contributed by atoms with E-state index in [1.807, 2.05) is 24.6 Å². The second kappa shape index (κ2) is 8.81. The highest BCUT2D eigenvalue weighted by Gasteiger charge is 2.26. The largest absolute Gasteiger partial charge is 0.381 e. The van der Waals surface area contributed by atoms with Crippen LogP contribution < -0.4 is 0 Å². The quantitative estimate of drug-likeness (QED) is 0.756. The average molecular weight is 348 g/mol. The Kier molecular flexibility index (Phi) is 6.48. The average Bonchev–Trinajstić information content (AvgIpc) is 3.22. The molecule has 0 aromatic carbocycles. The fourth-order valence-electron chi connectivity index (χ4n) is 4.03. The highest BCUT2D eigenvalue weighted by Crippen LogP contribution is 2.17. The van der Waals surface area contributed by atoms with Gasteiger partial charge in [0.2, 0.25) is 5.91 Å². The minimum absolute atomic E-state index is 0.194. The molecule has 0 atom stereocenters. The van der Waals surface area contributed by atoms with Gasteiger partial charge in [0.25, 0.3) is 0 Å². The van der Waals surface area contributed by atoms with Crippen molar-refractivity contribution in [2.45, 2.75) is 58.5 Å². The minimum Gasteiger partial charge on any atom is -0.381 e. The highest BCUT2D eigenvalue weighted by molar-refractivity contribution is 5.76. The Bertz CT molecular complexity index is 560. The van der Waals surface area contributed by atoms with Gasteiger partial charge < -0.3 is 14.5 Å². The van der Waals surface area contributed by atoms with Gasteiger partial charge in [-0.15, -0.1) is 0 Å². The molecule has 0 saturated carbocycles. The van der Waals surface area contributed by atoms with E-state index in [1.54, 1.807) is 0 Å². The van der Waals surface area contributed by atoms with Crippen molar-refractivity contribution in [2.24, 2.45) is 0 Å². The molecule has 25 heavy (non-hydrogen) atoms. The van der Waals surface area contributed by atoms with Gasteiger partial charge in [-0.25, -0.2) is 0 Å². The smallest absolute Gasteiger partial charge is 0.244 e. The van der Waals surface area contributed by atoms with Gasteiger partial charge >= 0.3 is 0 Å². The maximum Gasteiger partial charge on any atom is 0.244 e. The summed E-state index contributed by atoms with van der Waals surface area (Å²) in [7, 11) is 0. The summed E-state index contributed by atoms with van der Waals surface area (Å²) in [6.07, 6.45) is 5.60. The van der Waals surface area contributed by atoms with E-state index in [9.17, 15) is 4.79 Å². The van der Waals surface area contributed by atoms with Crippen LogP contribution in [0.2, 0.25) is 0 Å². The van der Waals surface area contributed by atoms with Crippen molar-refractivity contribution in [3.05, 3.63) is 17.5 Å². The predicted molar refractivity (Wildman–Crippen MR) is 97.5 cm³/mol. The van der Waals surface area contributed by atoms with Gasteiger partial charge in [0.05, 0.1) is 5.69 Å². The van der Waals surface area contributed by atoms with E-state index in [0.29, 0.717) is 12.6 Å². The number of carbonyl (C=O) groups excluding carboxylic acids is 1. The van der Waals surface area contributed by atoms with Crippen molar-refractivity contribution in [3.63, 3.8) is 0 Å². The summed E-state index contributed by atoms with van der Waals surface area (Å²) in [6.45, 7) is 10.3. The topological polar surface area (TPSA) is 50.6 Å². The van der Waals surface area contributed by atoms with Crippen molar-refractivity contribution in [3.8, 4) is 0 Å². The highest BCUT2D eigenvalue weighted by atomic mass is 16.5. The zero-order chi connectivity index (χ0) is 17.6. The molecule has 0 N–H and O–H groups in total. The molecule has 0 aliphatic carbocycles. The Morgan fingerprint density at radius 2 is 2.00 bits per heavy atom. The number of rotatable bonds is 7. The molecule has 1 aromatic heterocycles. The molecule has 0 bridgehead atoms. The summed E-state index contributed by atoms with van der Waals surface area (Å²) >= 11 is 0. The first-order valence-electron chi connectivity index (χ1n) is 9.74. The third-order valence-corrected chi connectivity index (χ3v) is 5.41. The fraction of sp³-hybridized carbons (Fsp3) is 0.789. The molecule has 2 saturated heterocycles. The summed E-state index contributed by atoms with van der Waals surface area (Å²) in [4.78, 5) is 17.6. The van der Waals surface area contributed by atoms with E-state index < -0.39 is 0 Å². The molecule has 2 fully saturated rings. The fourth-order valence-corrected chi connectivity index (χ4v) is 4.03. The molecule has 2 aliphatic heterocycles. The first kappa shape index (κ1) is 18.4. The maximum absolute atomic E-state index is 13.0. The van der Waals surface area contributed by atoms with E-state index in [4.69, 9.17) is 4.74 Å². The van der Waals surface area contributed by atoms with Crippen molar-refractivity contribution < 1.29 is 9.53 Å². The molecule has 2 aliphatic rings. The van der Waals surface area contributed by atoms with Gasteiger partial charge in [-0.1, -0.05) is 0 Å². The van der Waals surface area contributed by atoms with Gasteiger partial charge in [-0.2, -0.15) is 5.10 Å². The molecule has 1 aromatic rings. The van der Waals surface area contributed by atoms with Crippen molar-refractivity contribution in [1.29, 1.82) is 0 Å². The van der Waals surface area contributed by atoms with Crippen LogP contribution in [0.1, 0.15) is 43.5 Å². The van der Waals surface area contributed by atoms with E-state index in [2.05, 4.69) is 14.9 Å². The van der Waals surface area contributed by atoms with E-state index in [0.717, 1.165) is 57.0 Å². The van der Waals surface area contributed by atoms with E-state index in [1.165, 1.54) is 25.9 Å². The number of aromatic nitrogens is 2. The lowest BCUT2D eigenvalue weighted by Gasteiger charge is -2.35. The van der Waals surface area contributed by atoms with Crippen LogP contribution in [0.25, 0.3) is 0 Å². The second-order valence-corrected chi connectivity index (χ2v) is 7.42. The van der Waals surface area contributed by atoms with Gasteiger partial charge in [0.15, 0.2) is 0 Å². The summed E-state index contributed by atoms with van der Waals surface area (Å²) in [5.41, 5.74) is 2.02. The Hall–Kier alpha value is -1.40. The molecule has 6 nitrogen and oxygen atoms in total. The number of hydrogen-bond donors (Lipinski definition) is 0. The van der Waals surface area contributed by atoms with Crippen molar-refractivity contribution in [2.75, 3.05) is 39.4 Å². The molecule has 140 valence electrons. The normalized spacial score (nSPS) is 19.4. The van der Waals surface area contributed by atoms with E-state index >= 15 is 0 Å². The number of nitrogens with zero attached hydrogens (tertiary/aromatic N) is 4. The summed E-state index contributed by atoms with van der Waals surface area (Å²) < 4.78 is 7.33. The SMILES string of the molecule is Cc1cc(C)n(CC(=O)N(CCCN2CCCC2)C2CCOCC2)n1. The molecule has 0 unspecified atom stereocenters. The molecule has 3 rings (SSSR count). The lowest BCUT2D eigenvalue weighted by molar-refractivity contribution is -0.136. The first-order chi connectivity index (χ1) is 12.1. The Morgan fingerprint density at radius 1 is 1.28 bits per heavy atom. The number of likely N-dealkylation sites (tertiary alicyclic amines) is 1. The van der Waals surface area contributed by atoms with Crippen LogP contribution in [0.5, 0.6) is 0 Å².